The van der Waals surface area contributed by atoms with E-state index in [4.69, 9.17) is 15.0 Å². The van der Waals surface area contributed by atoms with E-state index in [1.165, 1.54) is 0 Å². The number of nitrogens with zero attached hydrogens (tertiary/aromatic N) is 4. The summed E-state index contributed by atoms with van der Waals surface area (Å²) in [5.41, 5.74) is 0.859. The zero-order valence-corrected chi connectivity index (χ0v) is 14.0. The number of fused-ring (bicyclic) bond motifs is 3. The maximum absolute atomic E-state index is 10.2. The van der Waals surface area contributed by atoms with E-state index in [9.17, 15) is 5.11 Å². The van der Waals surface area contributed by atoms with Crippen LogP contribution in [-0.4, -0.2) is 57.6 Å². The fourth-order valence-corrected chi connectivity index (χ4v) is 4.67. The zero-order chi connectivity index (χ0) is 16.7. The molecule has 4 rings (SSSR count). The molecule has 4 aliphatic rings. The van der Waals surface area contributed by atoms with Gasteiger partial charge >= 0.3 is 0 Å². The fourth-order valence-electron chi connectivity index (χ4n) is 3.48. The molecule has 6 nitrogen and oxygen atoms in total. The van der Waals surface area contributed by atoms with Crippen LogP contribution in [0.1, 0.15) is 13.3 Å². The molecule has 0 saturated heterocycles. The zero-order valence-electron chi connectivity index (χ0n) is 13.2. The van der Waals surface area contributed by atoms with Gasteiger partial charge in [-0.15, -0.1) is 11.8 Å². The average molecular weight is 342 g/mol. The molecule has 124 valence electrons. The number of allylic oxidation sites excluding steroid dienone is 1. The molecular weight excluding hydrogens is 324 g/mol. The summed E-state index contributed by atoms with van der Waals surface area (Å²) in [5.74, 6) is 0.642. The number of thioether (sulfide) groups is 1. The minimum atomic E-state index is -0.673. The Morgan fingerprint density at radius 3 is 3.04 bits per heavy atom. The predicted molar refractivity (Wildman–Crippen MR) is 93.7 cm³/mol. The van der Waals surface area contributed by atoms with Gasteiger partial charge in [0, 0.05) is 6.21 Å². The van der Waals surface area contributed by atoms with Crippen LogP contribution in [-0.2, 0) is 4.74 Å². The van der Waals surface area contributed by atoms with E-state index in [1.54, 1.807) is 24.9 Å². The third-order valence-corrected chi connectivity index (χ3v) is 5.75. The lowest BCUT2D eigenvalue weighted by Gasteiger charge is -2.38. The number of aliphatic imine (C=N–C) groups is 2. The average Bonchev–Trinajstić information content (AvgIpc) is 3.19. The maximum atomic E-state index is 10.2. The van der Waals surface area contributed by atoms with Gasteiger partial charge in [0.05, 0.1) is 35.5 Å². The van der Waals surface area contributed by atoms with Crippen LogP contribution < -0.4 is 0 Å². The molecule has 0 aliphatic carbocycles. The number of aliphatic hydroxyl groups excluding tert-OH is 1. The van der Waals surface area contributed by atoms with Gasteiger partial charge in [-0.1, -0.05) is 6.08 Å². The standard InChI is InChI=1S/C17H18N4O2S/c1-10(22)17-20-14-8-19-13-5-7-24-16(13)15(14)21(17)11-2-3-12(4-6-18)23-9-11/h2-3,5,7-10,12-16,22H,4H2,1H3/t10-,12+,13?,14?,15?,16?/m1/s1. The number of nitriles is 1. The van der Waals surface area contributed by atoms with Crippen LogP contribution in [0.2, 0.25) is 0 Å². The Morgan fingerprint density at radius 1 is 1.46 bits per heavy atom. The number of hydrogen-bond donors (Lipinski definition) is 1. The van der Waals surface area contributed by atoms with Crippen LogP contribution in [0.3, 0.4) is 0 Å². The second-order valence-electron chi connectivity index (χ2n) is 6.17. The molecule has 0 aromatic rings. The molecule has 7 heteroatoms. The number of amidine groups is 1. The second kappa shape index (κ2) is 6.11. The van der Waals surface area contributed by atoms with Gasteiger partial charge < -0.3 is 14.7 Å². The Morgan fingerprint density at radius 2 is 2.33 bits per heavy atom. The van der Waals surface area contributed by atoms with Gasteiger partial charge in [0.15, 0.2) is 0 Å². The lowest BCUT2D eigenvalue weighted by Crippen LogP contribution is -2.52. The summed E-state index contributed by atoms with van der Waals surface area (Å²) >= 11 is 1.77. The first-order chi connectivity index (χ1) is 11.7. The highest BCUT2D eigenvalue weighted by Crippen LogP contribution is 2.40. The van der Waals surface area contributed by atoms with Crippen molar-refractivity contribution in [2.24, 2.45) is 9.98 Å². The van der Waals surface area contributed by atoms with E-state index in [2.05, 4.69) is 27.4 Å². The molecule has 0 amide bonds. The Bertz CT molecular complexity index is 719. The molecule has 24 heavy (non-hydrogen) atoms. The van der Waals surface area contributed by atoms with Crippen LogP contribution in [0.4, 0.5) is 0 Å². The third kappa shape index (κ3) is 2.46. The first kappa shape index (κ1) is 15.5. The van der Waals surface area contributed by atoms with Crippen molar-refractivity contribution < 1.29 is 9.84 Å². The molecule has 0 saturated carbocycles. The Kier molecular flexibility index (Phi) is 3.94. The smallest absolute Gasteiger partial charge is 0.134 e. The van der Waals surface area contributed by atoms with E-state index in [0.29, 0.717) is 12.3 Å². The molecule has 0 radical (unpaired) electrons. The Balaban J connectivity index is 1.65. The number of rotatable bonds is 3. The summed E-state index contributed by atoms with van der Waals surface area (Å²) in [6, 6.07) is 2.31. The molecule has 0 aromatic heterocycles. The molecule has 6 atom stereocenters. The lowest BCUT2D eigenvalue weighted by atomic mass is 9.96. The summed E-state index contributed by atoms with van der Waals surface area (Å²) in [4.78, 5) is 11.4. The van der Waals surface area contributed by atoms with Crippen molar-refractivity contribution in [3.05, 3.63) is 35.6 Å². The van der Waals surface area contributed by atoms with Gasteiger partial charge in [-0.2, -0.15) is 5.26 Å². The van der Waals surface area contributed by atoms with Gasteiger partial charge in [0.1, 0.15) is 30.3 Å². The summed E-state index contributed by atoms with van der Waals surface area (Å²) < 4.78 is 5.66. The maximum Gasteiger partial charge on any atom is 0.134 e. The van der Waals surface area contributed by atoms with Crippen molar-refractivity contribution in [1.82, 2.24) is 4.90 Å². The topological polar surface area (TPSA) is 81.2 Å². The number of ether oxygens (including phenoxy) is 1. The molecular formula is C17H18N4O2S. The van der Waals surface area contributed by atoms with Gasteiger partial charge in [-0.05, 0) is 24.5 Å². The molecule has 0 fully saturated rings. The van der Waals surface area contributed by atoms with Crippen molar-refractivity contribution >= 4 is 23.8 Å². The predicted octanol–water partition coefficient (Wildman–Crippen LogP) is 1.61. The minimum Gasteiger partial charge on any atom is -0.491 e. The Hall–Kier alpha value is -2.04. The van der Waals surface area contributed by atoms with Crippen LogP contribution in [0, 0.1) is 11.3 Å². The highest BCUT2D eigenvalue weighted by molar-refractivity contribution is 8.03. The summed E-state index contributed by atoms with van der Waals surface area (Å²) in [6.07, 6.45) is 8.97. The van der Waals surface area contributed by atoms with Crippen molar-refractivity contribution in [1.29, 1.82) is 5.26 Å². The normalized spacial score (nSPS) is 37.2. The van der Waals surface area contributed by atoms with Crippen LogP contribution in [0.25, 0.3) is 0 Å². The van der Waals surface area contributed by atoms with Crippen LogP contribution >= 0.6 is 11.8 Å². The fraction of sp³-hybridized carbons (Fsp3) is 0.471. The first-order valence-electron chi connectivity index (χ1n) is 8.00. The monoisotopic (exact) mass is 342 g/mol. The van der Waals surface area contributed by atoms with E-state index in [0.717, 1.165) is 5.70 Å². The molecule has 4 unspecified atom stereocenters. The first-order valence-corrected chi connectivity index (χ1v) is 8.94. The van der Waals surface area contributed by atoms with E-state index in [1.807, 2.05) is 18.4 Å². The Labute approximate surface area is 144 Å². The summed E-state index contributed by atoms with van der Waals surface area (Å²) in [5, 5.41) is 21.4. The molecule has 4 heterocycles. The highest BCUT2D eigenvalue weighted by Gasteiger charge is 2.48. The van der Waals surface area contributed by atoms with Crippen molar-refractivity contribution in [2.45, 2.75) is 48.9 Å². The third-order valence-electron chi connectivity index (χ3n) is 4.56. The van der Waals surface area contributed by atoms with E-state index >= 15 is 0 Å². The summed E-state index contributed by atoms with van der Waals surface area (Å²) in [6.45, 7) is 1.73. The van der Waals surface area contributed by atoms with E-state index < -0.39 is 6.10 Å². The largest absolute Gasteiger partial charge is 0.491 e. The molecule has 4 aliphatic heterocycles. The van der Waals surface area contributed by atoms with Crippen LogP contribution in [0.15, 0.2) is 45.6 Å². The molecule has 1 N–H and O–H groups in total. The minimum absolute atomic E-state index is 0.0608. The van der Waals surface area contributed by atoms with Crippen molar-refractivity contribution in [3.8, 4) is 6.07 Å². The molecule has 0 bridgehead atoms. The SMILES string of the molecule is C[C@@H](O)C1=NC2C=NC3C=CSC3C2N1C1=CO[C@H](CC#N)C=C1. The van der Waals surface area contributed by atoms with Crippen LogP contribution in [0.5, 0.6) is 0 Å². The van der Waals surface area contributed by atoms with Gasteiger partial charge in [-0.3, -0.25) is 9.98 Å². The molecule has 0 spiro atoms. The van der Waals surface area contributed by atoms with Gasteiger partial charge in [0.25, 0.3) is 0 Å². The highest BCUT2D eigenvalue weighted by atomic mass is 32.2. The van der Waals surface area contributed by atoms with E-state index in [-0.39, 0.29) is 29.5 Å². The lowest BCUT2D eigenvalue weighted by molar-refractivity contribution is 0.174. The number of hydrogen-bond acceptors (Lipinski definition) is 7. The van der Waals surface area contributed by atoms with Crippen molar-refractivity contribution in [2.75, 3.05) is 0 Å². The van der Waals surface area contributed by atoms with Gasteiger partial charge in [-0.25, -0.2) is 0 Å². The number of aliphatic hydroxyl groups is 1. The molecule has 0 aromatic carbocycles. The van der Waals surface area contributed by atoms with Crippen molar-refractivity contribution in [3.63, 3.8) is 0 Å². The second-order valence-corrected chi connectivity index (χ2v) is 7.26. The quantitative estimate of drug-likeness (QED) is 0.843. The summed E-state index contributed by atoms with van der Waals surface area (Å²) in [7, 11) is 0. The van der Waals surface area contributed by atoms with Gasteiger partial charge in [0.2, 0.25) is 0 Å².